The van der Waals surface area contributed by atoms with Crippen molar-refractivity contribution in [2.75, 3.05) is 13.2 Å². The molecule has 0 N–H and O–H groups in total. The van der Waals surface area contributed by atoms with Crippen molar-refractivity contribution >= 4 is 22.9 Å². The summed E-state index contributed by atoms with van der Waals surface area (Å²) in [6.07, 6.45) is 2.20. The van der Waals surface area contributed by atoms with Crippen molar-refractivity contribution in [3.05, 3.63) is 21.4 Å². The van der Waals surface area contributed by atoms with Crippen molar-refractivity contribution < 1.29 is 4.74 Å². The first-order valence-electron chi connectivity index (χ1n) is 5.47. The monoisotopic (exact) mass is 244 g/mol. The highest BCUT2D eigenvalue weighted by atomic mass is 35.5. The molecule has 0 bridgehead atoms. The Kier molecular flexibility index (Phi) is 3.70. The van der Waals surface area contributed by atoms with Crippen molar-refractivity contribution in [1.82, 2.24) is 0 Å². The van der Waals surface area contributed by atoms with Gasteiger partial charge >= 0.3 is 0 Å². The minimum absolute atomic E-state index is 0.188. The Morgan fingerprint density at radius 1 is 1.40 bits per heavy atom. The number of alkyl halides is 1. The van der Waals surface area contributed by atoms with Gasteiger partial charge in [-0.15, -0.1) is 22.9 Å². The Hall–Kier alpha value is -0.0500. The molecule has 84 valence electrons. The number of ether oxygens (including phenoxy) is 1. The molecule has 1 aliphatic rings. The summed E-state index contributed by atoms with van der Waals surface area (Å²) in [5.74, 6) is 0.595. The van der Waals surface area contributed by atoms with Gasteiger partial charge in [0, 0.05) is 23.0 Å². The van der Waals surface area contributed by atoms with E-state index in [2.05, 4.69) is 19.9 Å². The zero-order chi connectivity index (χ0) is 10.8. The quantitative estimate of drug-likeness (QED) is 0.713. The van der Waals surface area contributed by atoms with Crippen LogP contribution in [0, 0.1) is 19.8 Å². The van der Waals surface area contributed by atoms with E-state index in [1.807, 2.05) is 11.3 Å². The van der Waals surface area contributed by atoms with Gasteiger partial charge in [0.05, 0.1) is 5.38 Å². The van der Waals surface area contributed by atoms with Crippen molar-refractivity contribution in [3.8, 4) is 0 Å². The van der Waals surface area contributed by atoms with E-state index in [-0.39, 0.29) is 5.38 Å². The summed E-state index contributed by atoms with van der Waals surface area (Å²) in [4.78, 5) is 2.72. The fourth-order valence-electron chi connectivity index (χ4n) is 2.16. The summed E-state index contributed by atoms with van der Waals surface area (Å²) in [5.41, 5.74) is 1.35. The first kappa shape index (κ1) is 11.4. The van der Waals surface area contributed by atoms with Crippen LogP contribution >= 0.6 is 22.9 Å². The Bertz CT molecular complexity index is 328. The van der Waals surface area contributed by atoms with E-state index >= 15 is 0 Å². The lowest BCUT2D eigenvalue weighted by atomic mass is 9.94. The Labute approximate surface area is 100 Å². The highest BCUT2D eigenvalue weighted by molar-refractivity contribution is 7.12. The topological polar surface area (TPSA) is 9.23 Å². The number of thiophene rings is 1. The van der Waals surface area contributed by atoms with E-state index in [0.29, 0.717) is 5.92 Å². The summed E-state index contributed by atoms with van der Waals surface area (Å²) in [5, 5.41) is 0.188. The first-order chi connectivity index (χ1) is 7.18. The standard InChI is InChI=1S/C12H17ClOS/c1-8-7-9(2)15-12(8)11(13)10-3-5-14-6-4-10/h7,10-11H,3-6H2,1-2H3. The second-order valence-electron chi connectivity index (χ2n) is 4.26. The third-order valence-electron chi connectivity index (χ3n) is 3.01. The van der Waals surface area contributed by atoms with Gasteiger partial charge in [-0.1, -0.05) is 0 Å². The number of hydrogen-bond donors (Lipinski definition) is 0. The molecule has 0 aliphatic carbocycles. The molecule has 1 unspecified atom stereocenters. The van der Waals surface area contributed by atoms with Crippen LogP contribution in [0.25, 0.3) is 0 Å². The molecule has 15 heavy (non-hydrogen) atoms. The maximum atomic E-state index is 6.56. The summed E-state index contributed by atoms with van der Waals surface area (Å²) < 4.78 is 5.37. The normalized spacial score (nSPS) is 20.5. The summed E-state index contributed by atoms with van der Waals surface area (Å²) >= 11 is 8.40. The highest BCUT2D eigenvalue weighted by Crippen LogP contribution is 2.40. The molecule has 3 heteroatoms. The molecule has 1 aliphatic heterocycles. The van der Waals surface area contributed by atoms with Gasteiger partial charge in [0.2, 0.25) is 0 Å². The average molecular weight is 245 g/mol. The van der Waals surface area contributed by atoms with Crippen LogP contribution in [-0.2, 0) is 4.74 Å². The SMILES string of the molecule is Cc1cc(C)c(C(Cl)C2CCOCC2)s1. The Balaban J connectivity index is 2.12. The molecule has 2 rings (SSSR count). The van der Waals surface area contributed by atoms with Gasteiger partial charge in [0.25, 0.3) is 0 Å². The molecule has 1 atom stereocenters. The second kappa shape index (κ2) is 4.86. The summed E-state index contributed by atoms with van der Waals surface area (Å²) in [6.45, 7) is 6.05. The minimum Gasteiger partial charge on any atom is -0.381 e. The number of hydrogen-bond acceptors (Lipinski definition) is 2. The molecule has 0 spiro atoms. The number of rotatable bonds is 2. The van der Waals surface area contributed by atoms with Crippen LogP contribution in [0.4, 0.5) is 0 Å². The maximum Gasteiger partial charge on any atom is 0.0711 e. The third kappa shape index (κ3) is 2.55. The van der Waals surface area contributed by atoms with E-state index < -0.39 is 0 Å². The van der Waals surface area contributed by atoms with Gasteiger partial charge in [-0.25, -0.2) is 0 Å². The fourth-order valence-corrected chi connectivity index (χ4v) is 3.82. The molecule has 1 aromatic rings. The van der Waals surface area contributed by atoms with Crippen LogP contribution < -0.4 is 0 Å². The second-order valence-corrected chi connectivity index (χ2v) is 6.01. The molecule has 1 fully saturated rings. The molecule has 0 radical (unpaired) electrons. The van der Waals surface area contributed by atoms with E-state index in [9.17, 15) is 0 Å². The number of aryl methyl sites for hydroxylation is 2. The van der Waals surface area contributed by atoms with Gasteiger partial charge in [-0.3, -0.25) is 0 Å². The van der Waals surface area contributed by atoms with Crippen molar-refractivity contribution in [1.29, 1.82) is 0 Å². The highest BCUT2D eigenvalue weighted by Gasteiger charge is 2.25. The smallest absolute Gasteiger partial charge is 0.0711 e. The van der Waals surface area contributed by atoms with Crippen LogP contribution in [0.15, 0.2) is 6.07 Å². The molecular weight excluding hydrogens is 228 g/mol. The van der Waals surface area contributed by atoms with Gasteiger partial charge in [0.1, 0.15) is 0 Å². The van der Waals surface area contributed by atoms with Crippen LogP contribution in [-0.4, -0.2) is 13.2 Å². The Morgan fingerprint density at radius 3 is 2.60 bits per heavy atom. The molecule has 1 saturated heterocycles. The van der Waals surface area contributed by atoms with Crippen molar-refractivity contribution in [2.45, 2.75) is 32.1 Å². The predicted octanol–water partition coefficient (Wildman–Crippen LogP) is 4.07. The van der Waals surface area contributed by atoms with Crippen molar-refractivity contribution in [2.24, 2.45) is 5.92 Å². The van der Waals surface area contributed by atoms with Crippen LogP contribution in [0.1, 0.15) is 33.5 Å². The lowest BCUT2D eigenvalue weighted by molar-refractivity contribution is 0.0653. The lowest BCUT2D eigenvalue weighted by Crippen LogP contribution is -2.19. The van der Waals surface area contributed by atoms with Crippen LogP contribution in [0.5, 0.6) is 0 Å². The minimum atomic E-state index is 0.188. The molecule has 0 amide bonds. The van der Waals surface area contributed by atoms with Gasteiger partial charge in [0.15, 0.2) is 0 Å². The molecule has 0 saturated carbocycles. The summed E-state index contributed by atoms with van der Waals surface area (Å²) in [6, 6.07) is 2.23. The number of halogens is 1. The van der Waals surface area contributed by atoms with Gasteiger partial charge in [-0.05, 0) is 44.2 Å². The molecule has 2 heterocycles. The fraction of sp³-hybridized carbons (Fsp3) is 0.667. The lowest BCUT2D eigenvalue weighted by Gasteiger charge is -2.26. The molecular formula is C12H17ClOS. The van der Waals surface area contributed by atoms with Crippen LogP contribution in [0.2, 0.25) is 0 Å². The van der Waals surface area contributed by atoms with E-state index in [4.69, 9.17) is 16.3 Å². The van der Waals surface area contributed by atoms with Crippen molar-refractivity contribution in [3.63, 3.8) is 0 Å². The maximum absolute atomic E-state index is 6.56. The zero-order valence-electron chi connectivity index (χ0n) is 9.25. The molecule has 1 nitrogen and oxygen atoms in total. The predicted molar refractivity (Wildman–Crippen MR) is 65.9 cm³/mol. The summed E-state index contributed by atoms with van der Waals surface area (Å²) in [7, 11) is 0. The van der Waals surface area contributed by atoms with Gasteiger partial charge in [-0.2, -0.15) is 0 Å². The third-order valence-corrected chi connectivity index (χ3v) is 4.95. The van der Waals surface area contributed by atoms with E-state index in [1.165, 1.54) is 15.3 Å². The van der Waals surface area contributed by atoms with E-state index in [1.54, 1.807) is 0 Å². The first-order valence-corrected chi connectivity index (χ1v) is 6.72. The zero-order valence-corrected chi connectivity index (χ0v) is 10.8. The molecule has 0 aromatic carbocycles. The largest absolute Gasteiger partial charge is 0.381 e. The molecule has 1 aromatic heterocycles. The average Bonchev–Trinajstić information content (AvgIpc) is 2.58. The Morgan fingerprint density at radius 2 is 2.07 bits per heavy atom. The van der Waals surface area contributed by atoms with Crippen LogP contribution in [0.3, 0.4) is 0 Å². The van der Waals surface area contributed by atoms with Gasteiger partial charge < -0.3 is 4.74 Å². The van der Waals surface area contributed by atoms with E-state index in [0.717, 1.165) is 26.1 Å².